The van der Waals surface area contributed by atoms with Crippen LogP contribution in [0.15, 0.2) is 58.4 Å². The van der Waals surface area contributed by atoms with E-state index in [9.17, 15) is 27.6 Å². The fraction of sp³-hybridized carbons (Fsp3) is 0.346. The van der Waals surface area contributed by atoms with Crippen LogP contribution < -0.4 is 15.8 Å². The van der Waals surface area contributed by atoms with Crippen LogP contribution in [0, 0.1) is 0 Å². The van der Waals surface area contributed by atoms with Crippen LogP contribution in [0.4, 0.5) is 4.79 Å². The number of esters is 2. The molecule has 0 fully saturated rings. The van der Waals surface area contributed by atoms with Crippen LogP contribution in [0.5, 0.6) is 0 Å². The summed E-state index contributed by atoms with van der Waals surface area (Å²) in [5.74, 6) is -3.03. The molecule has 2 aromatic rings. The molecule has 39 heavy (non-hydrogen) atoms. The first kappa shape index (κ1) is 29.6. The molecule has 1 atom stereocenters. The standard InChI is InChI=1S/C26H30N4O8S/c1-25(2,3)38-24(34)28-14-8-11-20-18-13-12-16(15-19(18)21(31)29-20)22(32)37-23(33)26(4,27)30-39(35,36)17-9-6-5-7-10-17/h5-7,9-10,12-13,15,30H,8,11,14,27H2,1-4H3,(H,28,34)/t26-/m0/s1. The molecule has 208 valence electrons. The molecule has 4 N–H and O–H groups in total. The molecule has 0 radical (unpaired) electrons. The van der Waals surface area contributed by atoms with Crippen molar-refractivity contribution in [3.8, 4) is 0 Å². The van der Waals surface area contributed by atoms with Gasteiger partial charge in [0.1, 0.15) is 5.60 Å². The molecular weight excluding hydrogens is 528 g/mol. The average molecular weight is 559 g/mol. The van der Waals surface area contributed by atoms with E-state index >= 15 is 0 Å². The predicted molar refractivity (Wildman–Crippen MR) is 141 cm³/mol. The zero-order valence-corrected chi connectivity index (χ0v) is 22.8. The lowest BCUT2D eigenvalue weighted by atomic mass is 10.00. The second-order valence-electron chi connectivity index (χ2n) is 9.95. The number of nitrogens with one attached hydrogen (secondary N) is 2. The zero-order chi connectivity index (χ0) is 29.0. The highest BCUT2D eigenvalue weighted by molar-refractivity contribution is 7.89. The Morgan fingerprint density at radius 1 is 1.00 bits per heavy atom. The minimum Gasteiger partial charge on any atom is -0.444 e. The van der Waals surface area contributed by atoms with Crippen LogP contribution in [-0.4, -0.2) is 55.9 Å². The van der Waals surface area contributed by atoms with E-state index in [1.54, 1.807) is 26.8 Å². The van der Waals surface area contributed by atoms with Crippen LogP contribution >= 0.6 is 0 Å². The average Bonchev–Trinajstić information content (AvgIpc) is 3.15. The highest BCUT2D eigenvalue weighted by Crippen LogP contribution is 2.23. The first-order valence-electron chi connectivity index (χ1n) is 12.0. The van der Waals surface area contributed by atoms with E-state index in [1.807, 2.05) is 4.72 Å². The van der Waals surface area contributed by atoms with E-state index in [4.69, 9.17) is 15.2 Å². The number of hydrogen-bond donors (Lipinski definition) is 3. The summed E-state index contributed by atoms with van der Waals surface area (Å²) in [6, 6.07) is 11.3. The second-order valence-corrected chi connectivity index (χ2v) is 11.6. The maximum atomic E-state index is 12.6. The molecule has 0 saturated carbocycles. The number of rotatable bonds is 9. The van der Waals surface area contributed by atoms with Crippen molar-refractivity contribution < 1.29 is 37.1 Å². The van der Waals surface area contributed by atoms with Crippen molar-refractivity contribution in [2.45, 2.75) is 56.7 Å². The number of benzene rings is 2. The topological polar surface area (TPSA) is 183 Å². The molecule has 0 aromatic heterocycles. The molecule has 0 aliphatic carbocycles. The molecule has 0 unspecified atom stereocenters. The Bertz CT molecular complexity index is 1430. The Labute approximate surface area is 226 Å². The molecule has 0 saturated heterocycles. The molecule has 1 heterocycles. The summed E-state index contributed by atoms with van der Waals surface area (Å²) >= 11 is 0. The quantitative estimate of drug-likeness (QED) is 0.180. The molecule has 3 rings (SSSR count). The fourth-order valence-electron chi connectivity index (χ4n) is 3.52. The number of aliphatic imine (C=N–C) groups is 1. The monoisotopic (exact) mass is 558 g/mol. The van der Waals surface area contributed by atoms with Crippen LogP contribution in [0.1, 0.15) is 66.8 Å². The van der Waals surface area contributed by atoms with Crippen molar-refractivity contribution in [2.24, 2.45) is 10.7 Å². The van der Waals surface area contributed by atoms with Gasteiger partial charge in [-0.15, -0.1) is 0 Å². The lowest BCUT2D eigenvalue weighted by Crippen LogP contribution is -2.60. The minimum atomic E-state index is -4.18. The molecule has 12 nitrogen and oxygen atoms in total. The number of amides is 2. The third-order valence-corrected chi connectivity index (χ3v) is 6.89. The molecule has 0 bridgehead atoms. The summed E-state index contributed by atoms with van der Waals surface area (Å²) in [7, 11) is -4.18. The van der Waals surface area contributed by atoms with E-state index in [1.165, 1.54) is 42.5 Å². The van der Waals surface area contributed by atoms with Gasteiger partial charge in [-0.1, -0.05) is 24.3 Å². The van der Waals surface area contributed by atoms with Crippen molar-refractivity contribution in [2.75, 3.05) is 6.54 Å². The molecule has 0 spiro atoms. The molecule has 2 aromatic carbocycles. The number of sulfonamides is 1. The van der Waals surface area contributed by atoms with Crippen LogP contribution in [-0.2, 0) is 24.3 Å². The Morgan fingerprint density at radius 2 is 1.67 bits per heavy atom. The van der Waals surface area contributed by atoms with Gasteiger partial charge in [0.2, 0.25) is 10.0 Å². The van der Waals surface area contributed by atoms with Crippen molar-refractivity contribution in [1.82, 2.24) is 10.0 Å². The maximum absolute atomic E-state index is 12.6. The minimum absolute atomic E-state index is 0.125. The Balaban J connectivity index is 1.60. The molecule has 13 heteroatoms. The van der Waals surface area contributed by atoms with Gasteiger partial charge in [-0.2, -0.15) is 4.72 Å². The maximum Gasteiger partial charge on any atom is 0.407 e. The Kier molecular flexibility index (Phi) is 8.68. The van der Waals surface area contributed by atoms with E-state index in [-0.39, 0.29) is 16.0 Å². The van der Waals surface area contributed by atoms with Crippen molar-refractivity contribution in [1.29, 1.82) is 0 Å². The molecular formula is C26H30N4O8S. The lowest BCUT2D eigenvalue weighted by Gasteiger charge is -2.23. The van der Waals surface area contributed by atoms with Crippen LogP contribution in [0.2, 0.25) is 0 Å². The van der Waals surface area contributed by atoms with Gasteiger partial charge < -0.3 is 20.5 Å². The number of nitrogens with two attached hydrogens (primary N) is 1. The summed E-state index contributed by atoms with van der Waals surface area (Å²) in [5.41, 5.74) is 3.96. The van der Waals surface area contributed by atoms with Crippen LogP contribution in [0.3, 0.4) is 0 Å². The number of carbonyl (C=O) groups is 4. The number of nitrogens with zero attached hydrogens (tertiary/aromatic N) is 1. The summed E-state index contributed by atoms with van der Waals surface area (Å²) in [5, 5.41) is 2.63. The van der Waals surface area contributed by atoms with E-state index in [0.717, 1.165) is 6.92 Å². The highest BCUT2D eigenvalue weighted by Gasteiger charge is 2.37. The van der Waals surface area contributed by atoms with Gasteiger partial charge in [-0.25, -0.2) is 27.8 Å². The van der Waals surface area contributed by atoms with E-state index in [0.29, 0.717) is 30.7 Å². The summed E-state index contributed by atoms with van der Waals surface area (Å²) in [6.07, 6.45) is 0.313. The van der Waals surface area contributed by atoms with Crippen molar-refractivity contribution >= 4 is 39.7 Å². The SMILES string of the molecule is CC(C)(C)OC(=O)NCCCC1=NC(=O)c2cc(C(=O)OC(=O)[C@@](C)(N)NS(=O)(=O)c3ccccc3)ccc21. The van der Waals surface area contributed by atoms with Gasteiger partial charge in [-0.3, -0.25) is 4.79 Å². The first-order chi connectivity index (χ1) is 18.1. The smallest absolute Gasteiger partial charge is 0.407 e. The summed E-state index contributed by atoms with van der Waals surface area (Å²) in [6.45, 7) is 6.61. The number of ether oxygens (including phenoxy) is 2. The molecule has 2 amide bonds. The lowest BCUT2D eigenvalue weighted by molar-refractivity contribution is -0.144. The largest absolute Gasteiger partial charge is 0.444 e. The summed E-state index contributed by atoms with van der Waals surface area (Å²) in [4.78, 5) is 53.2. The fourth-order valence-corrected chi connectivity index (χ4v) is 4.80. The number of fused-ring (bicyclic) bond motifs is 1. The zero-order valence-electron chi connectivity index (χ0n) is 21.9. The van der Waals surface area contributed by atoms with Crippen molar-refractivity contribution in [3.05, 3.63) is 65.2 Å². The number of hydrogen-bond acceptors (Lipinski definition) is 9. The van der Waals surface area contributed by atoms with Gasteiger partial charge in [0.25, 0.3) is 5.91 Å². The third-order valence-electron chi connectivity index (χ3n) is 5.30. The first-order valence-corrected chi connectivity index (χ1v) is 13.4. The van der Waals surface area contributed by atoms with E-state index in [2.05, 4.69) is 10.3 Å². The number of carbonyl (C=O) groups excluding carboxylic acids is 4. The van der Waals surface area contributed by atoms with Gasteiger partial charge >= 0.3 is 18.0 Å². The number of alkyl carbamates (subject to hydrolysis) is 1. The normalized spacial score (nSPS) is 14.6. The van der Waals surface area contributed by atoms with Gasteiger partial charge in [0.05, 0.1) is 21.7 Å². The Hall–Kier alpha value is -3.94. The third kappa shape index (κ3) is 7.78. The highest BCUT2D eigenvalue weighted by atomic mass is 32.2. The van der Waals surface area contributed by atoms with Crippen molar-refractivity contribution in [3.63, 3.8) is 0 Å². The van der Waals surface area contributed by atoms with E-state index < -0.39 is 45.2 Å². The van der Waals surface area contributed by atoms with Gasteiger partial charge in [0.15, 0.2) is 5.66 Å². The van der Waals surface area contributed by atoms with Gasteiger partial charge in [-0.05, 0) is 64.8 Å². The molecule has 1 aliphatic heterocycles. The Morgan fingerprint density at radius 3 is 2.31 bits per heavy atom. The second kappa shape index (κ2) is 11.4. The summed E-state index contributed by atoms with van der Waals surface area (Å²) < 4.78 is 37.0. The van der Waals surface area contributed by atoms with Crippen LogP contribution in [0.25, 0.3) is 0 Å². The molecule has 1 aliphatic rings. The van der Waals surface area contributed by atoms with Gasteiger partial charge in [0, 0.05) is 12.1 Å². The predicted octanol–water partition coefficient (Wildman–Crippen LogP) is 2.27.